The van der Waals surface area contributed by atoms with Crippen molar-refractivity contribution in [2.45, 2.75) is 0 Å². The van der Waals surface area contributed by atoms with Crippen molar-refractivity contribution in [3.05, 3.63) is 28.6 Å². The molecular weight excluding hydrogens is 148 g/mol. The van der Waals surface area contributed by atoms with Crippen LogP contribution in [-0.4, -0.2) is 17.0 Å². The molecule has 11 heavy (non-hydrogen) atoms. The summed E-state index contributed by atoms with van der Waals surface area (Å²) in [5.41, 5.74) is -0.0671. The second-order valence-corrected chi connectivity index (χ2v) is 1.80. The SMILES string of the molecule is COc1cnccc1[N+](=O)[O-]. The van der Waals surface area contributed by atoms with Gasteiger partial charge in [0, 0.05) is 12.3 Å². The van der Waals surface area contributed by atoms with Crippen molar-refractivity contribution in [1.29, 1.82) is 0 Å². The molecule has 0 aliphatic rings. The van der Waals surface area contributed by atoms with Gasteiger partial charge in [-0.25, -0.2) is 0 Å². The number of nitrogens with zero attached hydrogens (tertiary/aromatic N) is 2. The number of hydrogen-bond acceptors (Lipinski definition) is 4. The number of ether oxygens (including phenoxy) is 1. The van der Waals surface area contributed by atoms with E-state index in [9.17, 15) is 10.1 Å². The Morgan fingerprint density at radius 1 is 1.73 bits per heavy atom. The van der Waals surface area contributed by atoms with Crippen LogP contribution in [-0.2, 0) is 0 Å². The maximum Gasteiger partial charge on any atom is 0.314 e. The average Bonchev–Trinajstić information content (AvgIpc) is 2.04. The van der Waals surface area contributed by atoms with E-state index in [0.29, 0.717) is 0 Å². The number of nitro groups is 1. The first-order chi connectivity index (χ1) is 5.25. The van der Waals surface area contributed by atoms with Crippen molar-refractivity contribution in [1.82, 2.24) is 4.98 Å². The van der Waals surface area contributed by atoms with Crippen molar-refractivity contribution in [2.24, 2.45) is 0 Å². The molecule has 0 aromatic carbocycles. The molecule has 0 unspecified atom stereocenters. The Hall–Kier alpha value is -1.65. The van der Waals surface area contributed by atoms with Crippen molar-refractivity contribution in [3.63, 3.8) is 0 Å². The molecule has 0 fully saturated rings. The first kappa shape index (κ1) is 7.46. The van der Waals surface area contributed by atoms with E-state index >= 15 is 0 Å². The summed E-state index contributed by atoms with van der Waals surface area (Å²) < 4.78 is 4.70. The first-order valence-corrected chi connectivity index (χ1v) is 2.88. The van der Waals surface area contributed by atoms with Crippen molar-refractivity contribution >= 4 is 5.69 Å². The number of aromatic nitrogens is 1. The molecule has 0 spiro atoms. The van der Waals surface area contributed by atoms with Crippen LogP contribution in [0.5, 0.6) is 5.75 Å². The molecule has 1 aromatic heterocycles. The molecule has 1 rings (SSSR count). The van der Waals surface area contributed by atoms with E-state index in [1.54, 1.807) is 0 Å². The molecule has 0 amide bonds. The summed E-state index contributed by atoms with van der Waals surface area (Å²) in [6.45, 7) is 0. The molecule has 0 N–H and O–H groups in total. The van der Waals surface area contributed by atoms with Gasteiger partial charge in [-0.05, 0) is 0 Å². The lowest BCUT2D eigenvalue weighted by atomic mass is 10.4. The van der Waals surface area contributed by atoms with E-state index in [4.69, 9.17) is 4.74 Å². The molecular formula is C6H6N2O3. The maximum atomic E-state index is 10.3. The monoisotopic (exact) mass is 154 g/mol. The highest BCUT2D eigenvalue weighted by Crippen LogP contribution is 2.23. The molecule has 5 nitrogen and oxygen atoms in total. The van der Waals surface area contributed by atoms with Gasteiger partial charge >= 0.3 is 5.69 Å². The smallest absolute Gasteiger partial charge is 0.314 e. The minimum Gasteiger partial charge on any atom is -0.489 e. The van der Waals surface area contributed by atoms with Gasteiger partial charge in [-0.1, -0.05) is 0 Å². The quantitative estimate of drug-likeness (QED) is 0.470. The normalized spacial score (nSPS) is 9.18. The van der Waals surface area contributed by atoms with Gasteiger partial charge in [-0.3, -0.25) is 15.1 Å². The Kier molecular flexibility index (Phi) is 2.00. The Labute approximate surface area is 62.8 Å². The van der Waals surface area contributed by atoms with E-state index in [1.807, 2.05) is 0 Å². The van der Waals surface area contributed by atoms with Crippen LogP contribution in [0.25, 0.3) is 0 Å². The van der Waals surface area contributed by atoms with Gasteiger partial charge < -0.3 is 4.74 Å². The predicted octanol–water partition coefficient (Wildman–Crippen LogP) is 0.998. The van der Waals surface area contributed by atoms with Gasteiger partial charge in [0.25, 0.3) is 0 Å². The average molecular weight is 154 g/mol. The highest BCUT2D eigenvalue weighted by molar-refractivity contribution is 5.42. The fourth-order valence-corrected chi connectivity index (χ4v) is 0.681. The molecule has 0 atom stereocenters. The molecule has 5 heteroatoms. The van der Waals surface area contributed by atoms with Crippen LogP contribution in [0.4, 0.5) is 5.69 Å². The number of hydrogen-bond donors (Lipinski definition) is 0. The summed E-state index contributed by atoms with van der Waals surface area (Å²) in [5.74, 6) is 0.178. The molecule has 0 radical (unpaired) electrons. The molecule has 0 saturated carbocycles. The van der Waals surface area contributed by atoms with Crippen LogP contribution in [0.1, 0.15) is 0 Å². The summed E-state index contributed by atoms with van der Waals surface area (Å²) in [5, 5.41) is 10.3. The zero-order valence-electron chi connectivity index (χ0n) is 5.85. The highest BCUT2D eigenvalue weighted by Gasteiger charge is 2.12. The van der Waals surface area contributed by atoms with Crippen LogP contribution < -0.4 is 4.74 Å². The molecule has 0 saturated heterocycles. The fraction of sp³-hybridized carbons (Fsp3) is 0.167. The zero-order valence-corrected chi connectivity index (χ0v) is 5.85. The van der Waals surface area contributed by atoms with E-state index in [2.05, 4.69) is 4.98 Å². The van der Waals surface area contributed by atoms with Gasteiger partial charge in [-0.15, -0.1) is 0 Å². The lowest BCUT2D eigenvalue weighted by Crippen LogP contribution is -1.93. The molecule has 0 aliphatic carbocycles. The summed E-state index contributed by atoms with van der Waals surface area (Å²) in [7, 11) is 1.37. The van der Waals surface area contributed by atoms with E-state index in [0.717, 1.165) is 0 Å². The largest absolute Gasteiger partial charge is 0.489 e. The minimum absolute atomic E-state index is 0.0671. The van der Waals surface area contributed by atoms with Crippen LogP contribution >= 0.6 is 0 Å². The minimum atomic E-state index is -0.513. The fourth-order valence-electron chi connectivity index (χ4n) is 0.681. The zero-order chi connectivity index (χ0) is 8.27. The molecule has 0 bridgehead atoms. The van der Waals surface area contributed by atoms with Gasteiger partial charge in [0.05, 0.1) is 18.2 Å². The second kappa shape index (κ2) is 2.96. The number of methoxy groups -OCH3 is 1. The number of pyridine rings is 1. The Morgan fingerprint density at radius 2 is 2.45 bits per heavy atom. The van der Waals surface area contributed by atoms with Crippen LogP contribution in [0.2, 0.25) is 0 Å². The molecule has 0 aliphatic heterocycles. The number of rotatable bonds is 2. The molecule has 1 heterocycles. The Balaban J connectivity index is 3.12. The van der Waals surface area contributed by atoms with Gasteiger partial charge in [0.1, 0.15) is 0 Å². The van der Waals surface area contributed by atoms with Crippen molar-refractivity contribution in [3.8, 4) is 5.75 Å². The van der Waals surface area contributed by atoms with Crippen LogP contribution in [0, 0.1) is 10.1 Å². The third kappa shape index (κ3) is 1.43. The van der Waals surface area contributed by atoms with E-state index < -0.39 is 4.92 Å². The summed E-state index contributed by atoms with van der Waals surface area (Å²) in [4.78, 5) is 13.4. The molecule has 1 aromatic rings. The van der Waals surface area contributed by atoms with Gasteiger partial charge in [0.15, 0.2) is 0 Å². The van der Waals surface area contributed by atoms with E-state index in [1.165, 1.54) is 25.6 Å². The summed E-state index contributed by atoms with van der Waals surface area (Å²) in [6, 6.07) is 1.29. The lowest BCUT2D eigenvalue weighted by molar-refractivity contribution is -0.385. The summed E-state index contributed by atoms with van der Waals surface area (Å²) >= 11 is 0. The van der Waals surface area contributed by atoms with Crippen molar-refractivity contribution in [2.75, 3.05) is 7.11 Å². The Bertz CT molecular complexity index is 274. The first-order valence-electron chi connectivity index (χ1n) is 2.88. The third-order valence-corrected chi connectivity index (χ3v) is 1.18. The second-order valence-electron chi connectivity index (χ2n) is 1.80. The van der Waals surface area contributed by atoms with Gasteiger partial charge in [0.2, 0.25) is 5.75 Å². The van der Waals surface area contributed by atoms with Crippen LogP contribution in [0.3, 0.4) is 0 Å². The van der Waals surface area contributed by atoms with Crippen LogP contribution in [0.15, 0.2) is 18.5 Å². The highest BCUT2D eigenvalue weighted by atomic mass is 16.6. The molecule has 58 valence electrons. The maximum absolute atomic E-state index is 10.3. The standard InChI is InChI=1S/C6H6N2O3/c1-11-6-4-7-3-2-5(6)8(9)10/h2-4H,1H3. The topological polar surface area (TPSA) is 65.3 Å². The van der Waals surface area contributed by atoms with E-state index in [-0.39, 0.29) is 11.4 Å². The van der Waals surface area contributed by atoms with Gasteiger partial charge in [-0.2, -0.15) is 0 Å². The third-order valence-electron chi connectivity index (χ3n) is 1.18. The summed E-state index contributed by atoms with van der Waals surface area (Å²) in [6.07, 6.45) is 2.65. The van der Waals surface area contributed by atoms with Crippen molar-refractivity contribution < 1.29 is 9.66 Å². The lowest BCUT2D eigenvalue weighted by Gasteiger charge is -1.97. The predicted molar refractivity (Wildman–Crippen MR) is 37.4 cm³/mol. The Morgan fingerprint density at radius 3 is 2.91 bits per heavy atom.